The average molecular weight is 414 g/mol. The van der Waals surface area contributed by atoms with Crippen LogP contribution >= 0.6 is 0 Å². The predicted octanol–water partition coefficient (Wildman–Crippen LogP) is 2.79. The summed E-state index contributed by atoms with van der Waals surface area (Å²) in [4.78, 5) is 12.4. The van der Waals surface area contributed by atoms with E-state index in [1.165, 1.54) is 55.6 Å². The van der Waals surface area contributed by atoms with Gasteiger partial charge in [0.2, 0.25) is 10.0 Å². The highest BCUT2D eigenvalue weighted by Gasteiger charge is 2.51. The summed E-state index contributed by atoms with van der Waals surface area (Å²) in [7, 11) is -2.70. The molecular weight excluding hydrogens is 397 g/mol. The molecule has 150 valence electrons. The molecular formula is C18H17F3N2O4S. The molecule has 10 heteroatoms. The molecule has 0 radical (unpaired) electrons. The van der Waals surface area contributed by atoms with Gasteiger partial charge in [-0.3, -0.25) is 4.79 Å². The highest BCUT2D eigenvalue weighted by Crippen LogP contribution is 2.37. The molecule has 1 unspecified atom stereocenters. The lowest BCUT2D eigenvalue weighted by Crippen LogP contribution is -2.43. The van der Waals surface area contributed by atoms with Crippen molar-refractivity contribution in [1.29, 1.82) is 0 Å². The Labute approximate surface area is 160 Å². The molecule has 1 amide bonds. The highest BCUT2D eigenvalue weighted by molar-refractivity contribution is 7.89. The minimum atomic E-state index is -5.11. The summed E-state index contributed by atoms with van der Waals surface area (Å²) in [6.07, 6.45) is -6.53. The molecule has 6 nitrogen and oxygen atoms in total. The smallest absolute Gasteiger partial charge is 0.471 e. The van der Waals surface area contributed by atoms with E-state index in [1.54, 1.807) is 6.07 Å². The summed E-state index contributed by atoms with van der Waals surface area (Å²) in [5.74, 6) is -1.63. The van der Waals surface area contributed by atoms with Gasteiger partial charge in [-0.2, -0.15) is 17.5 Å². The van der Waals surface area contributed by atoms with Crippen LogP contribution in [0.15, 0.2) is 59.5 Å². The number of hydrogen-bond acceptors (Lipinski definition) is 4. The fraction of sp³-hybridized carbons (Fsp3) is 0.278. The van der Waals surface area contributed by atoms with Crippen molar-refractivity contribution in [2.75, 3.05) is 20.2 Å². The van der Waals surface area contributed by atoms with Crippen LogP contribution in [0.3, 0.4) is 0 Å². The van der Waals surface area contributed by atoms with Crippen molar-refractivity contribution in [3.63, 3.8) is 0 Å². The summed E-state index contributed by atoms with van der Waals surface area (Å²) in [5.41, 5.74) is 0.232. The van der Waals surface area contributed by atoms with Gasteiger partial charge in [0.15, 0.2) is 0 Å². The standard InChI is InChI=1S/C18H17F3N2O4S/c1-27-14-9-7-13(8-10-14)16-22(17(24)18(19,20)21)11-12-23(16)28(25,26)15-5-3-2-4-6-15/h2-10,16H,11-12H2,1H3. The molecule has 2 aromatic carbocycles. The van der Waals surface area contributed by atoms with Crippen LogP contribution in [0.1, 0.15) is 11.7 Å². The molecule has 0 aromatic heterocycles. The molecule has 1 heterocycles. The number of hydrogen-bond donors (Lipinski definition) is 0. The predicted molar refractivity (Wildman–Crippen MR) is 93.8 cm³/mol. The number of rotatable bonds is 4. The van der Waals surface area contributed by atoms with Crippen LogP contribution in [-0.2, 0) is 14.8 Å². The van der Waals surface area contributed by atoms with Crippen LogP contribution in [0.2, 0.25) is 0 Å². The molecule has 1 atom stereocenters. The molecule has 1 saturated heterocycles. The third kappa shape index (κ3) is 3.69. The summed E-state index contributed by atoms with van der Waals surface area (Å²) in [6, 6.07) is 13.3. The van der Waals surface area contributed by atoms with Crippen LogP contribution in [0.5, 0.6) is 5.75 Å². The van der Waals surface area contributed by atoms with Gasteiger partial charge in [0.1, 0.15) is 11.9 Å². The molecule has 3 rings (SSSR count). The zero-order valence-corrected chi connectivity index (χ0v) is 15.6. The zero-order valence-electron chi connectivity index (χ0n) is 14.8. The van der Waals surface area contributed by atoms with Crippen molar-refractivity contribution in [3.8, 4) is 5.75 Å². The number of sulfonamides is 1. The third-order valence-corrected chi connectivity index (χ3v) is 6.26. The lowest BCUT2D eigenvalue weighted by atomic mass is 10.1. The monoisotopic (exact) mass is 414 g/mol. The van der Waals surface area contributed by atoms with Crippen molar-refractivity contribution < 1.29 is 31.1 Å². The van der Waals surface area contributed by atoms with E-state index in [9.17, 15) is 26.4 Å². The maximum atomic E-state index is 13.1. The maximum absolute atomic E-state index is 13.1. The molecule has 1 aliphatic heterocycles. The van der Waals surface area contributed by atoms with E-state index in [2.05, 4.69) is 0 Å². The Morgan fingerprint density at radius 1 is 1.04 bits per heavy atom. The third-order valence-electron chi connectivity index (χ3n) is 4.40. The lowest BCUT2D eigenvalue weighted by Gasteiger charge is -2.30. The van der Waals surface area contributed by atoms with Gasteiger partial charge in [-0.25, -0.2) is 8.42 Å². The number of carbonyl (C=O) groups excluding carboxylic acids is 1. The first kappa shape index (κ1) is 20.2. The molecule has 0 N–H and O–H groups in total. The molecule has 0 saturated carbocycles. The molecule has 28 heavy (non-hydrogen) atoms. The van der Waals surface area contributed by atoms with E-state index in [0.29, 0.717) is 10.6 Å². The number of halogens is 3. The van der Waals surface area contributed by atoms with E-state index in [1.807, 2.05) is 0 Å². The van der Waals surface area contributed by atoms with E-state index in [-0.39, 0.29) is 23.5 Å². The average Bonchev–Trinajstić information content (AvgIpc) is 3.13. The van der Waals surface area contributed by atoms with E-state index < -0.39 is 28.3 Å². The Morgan fingerprint density at radius 2 is 1.64 bits per heavy atom. The quantitative estimate of drug-likeness (QED) is 0.772. The van der Waals surface area contributed by atoms with Crippen LogP contribution in [-0.4, -0.2) is 49.9 Å². The van der Waals surface area contributed by atoms with Crippen molar-refractivity contribution in [2.45, 2.75) is 17.2 Å². The van der Waals surface area contributed by atoms with Crippen LogP contribution < -0.4 is 4.74 Å². The van der Waals surface area contributed by atoms with Gasteiger partial charge in [-0.15, -0.1) is 0 Å². The second-order valence-corrected chi connectivity index (χ2v) is 7.96. The largest absolute Gasteiger partial charge is 0.497 e. The maximum Gasteiger partial charge on any atom is 0.471 e. The number of alkyl halides is 3. The number of carbonyl (C=O) groups is 1. The van der Waals surface area contributed by atoms with Gasteiger partial charge in [0.05, 0.1) is 12.0 Å². The topological polar surface area (TPSA) is 66.9 Å². The van der Waals surface area contributed by atoms with Crippen LogP contribution in [0.25, 0.3) is 0 Å². The van der Waals surface area contributed by atoms with Crippen molar-refractivity contribution in [2.24, 2.45) is 0 Å². The van der Waals surface area contributed by atoms with Gasteiger partial charge < -0.3 is 9.64 Å². The number of benzene rings is 2. The second kappa shape index (κ2) is 7.44. The van der Waals surface area contributed by atoms with Crippen LogP contribution in [0.4, 0.5) is 13.2 Å². The molecule has 1 aliphatic rings. The first-order valence-electron chi connectivity index (χ1n) is 8.25. The summed E-state index contributed by atoms with van der Waals surface area (Å²) in [6.45, 7) is -0.628. The number of methoxy groups -OCH3 is 1. The molecule has 0 spiro atoms. The summed E-state index contributed by atoms with van der Waals surface area (Å²) < 4.78 is 71.3. The molecule has 0 bridgehead atoms. The fourth-order valence-electron chi connectivity index (χ4n) is 3.08. The number of amides is 1. The number of nitrogens with zero attached hydrogens (tertiary/aromatic N) is 2. The highest BCUT2D eigenvalue weighted by atomic mass is 32.2. The van der Waals surface area contributed by atoms with E-state index >= 15 is 0 Å². The Balaban J connectivity index is 2.07. The summed E-state index contributed by atoms with van der Waals surface area (Å²) >= 11 is 0. The first-order chi connectivity index (χ1) is 13.2. The Morgan fingerprint density at radius 3 is 2.18 bits per heavy atom. The minimum Gasteiger partial charge on any atom is -0.497 e. The van der Waals surface area contributed by atoms with Crippen molar-refractivity contribution >= 4 is 15.9 Å². The first-order valence-corrected chi connectivity index (χ1v) is 9.69. The number of ether oxygens (including phenoxy) is 1. The molecule has 0 aliphatic carbocycles. The lowest BCUT2D eigenvalue weighted by molar-refractivity contribution is -0.187. The minimum absolute atomic E-state index is 0.0604. The molecule has 2 aromatic rings. The normalized spacial score (nSPS) is 18.3. The summed E-state index contributed by atoms with van der Waals surface area (Å²) in [5, 5.41) is 0. The Kier molecular flexibility index (Phi) is 5.35. The van der Waals surface area contributed by atoms with Crippen molar-refractivity contribution in [3.05, 3.63) is 60.2 Å². The van der Waals surface area contributed by atoms with Gasteiger partial charge in [-0.1, -0.05) is 30.3 Å². The van der Waals surface area contributed by atoms with E-state index in [0.717, 1.165) is 4.31 Å². The van der Waals surface area contributed by atoms with E-state index in [4.69, 9.17) is 4.74 Å². The van der Waals surface area contributed by atoms with Gasteiger partial charge in [0, 0.05) is 13.1 Å². The van der Waals surface area contributed by atoms with Crippen molar-refractivity contribution in [1.82, 2.24) is 9.21 Å². The van der Waals surface area contributed by atoms with Gasteiger partial charge in [0.25, 0.3) is 0 Å². The van der Waals surface area contributed by atoms with Gasteiger partial charge >= 0.3 is 12.1 Å². The second-order valence-electron chi connectivity index (χ2n) is 6.07. The Bertz CT molecular complexity index is 947. The zero-order chi connectivity index (χ0) is 20.5. The van der Waals surface area contributed by atoms with Crippen LogP contribution in [0, 0.1) is 0 Å². The Hall–Kier alpha value is -2.59. The fourth-order valence-corrected chi connectivity index (χ4v) is 4.68. The van der Waals surface area contributed by atoms with Gasteiger partial charge in [-0.05, 0) is 29.8 Å². The molecule has 1 fully saturated rings. The SMILES string of the molecule is COc1ccc(C2N(C(=O)C(F)(F)F)CCN2S(=O)(=O)c2ccccc2)cc1.